The highest BCUT2D eigenvalue weighted by Crippen LogP contribution is 2.33. The van der Waals surface area contributed by atoms with Crippen molar-refractivity contribution >= 4 is 0 Å². The molecule has 0 amide bonds. The number of rotatable bonds is 1. The highest BCUT2D eigenvalue weighted by molar-refractivity contribution is 5.49. The molecule has 0 saturated carbocycles. The third-order valence-electron chi connectivity index (χ3n) is 2.04. The van der Waals surface area contributed by atoms with Crippen LogP contribution in [0.1, 0.15) is 11.1 Å². The number of hydrogen-bond donors (Lipinski definition) is 2. The maximum atomic E-state index is 9.45. The predicted octanol–water partition coefficient (Wildman–Crippen LogP) is 0.819. The van der Waals surface area contributed by atoms with E-state index in [1.54, 1.807) is 12.1 Å². The van der Waals surface area contributed by atoms with Crippen LogP contribution in [0.25, 0.3) is 0 Å². The lowest BCUT2D eigenvalue weighted by Crippen LogP contribution is -1.87. The lowest BCUT2D eigenvalue weighted by Gasteiger charge is -2.03. The Balaban J connectivity index is 2.51. The molecule has 1 aromatic carbocycles. The molecule has 1 aliphatic rings. The first-order valence-corrected chi connectivity index (χ1v) is 3.89. The van der Waals surface area contributed by atoms with Crippen molar-refractivity contribution in [2.45, 2.75) is 13.0 Å². The second kappa shape index (κ2) is 2.68. The summed E-state index contributed by atoms with van der Waals surface area (Å²) in [6, 6.07) is 3.34. The molecule has 0 aliphatic carbocycles. The van der Waals surface area contributed by atoms with Crippen LogP contribution < -0.4 is 4.74 Å². The molecule has 0 aromatic heterocycles. The molecule has 0 saturated heterocycles. The Kier molecular flexibility index (Phi) is 1.66. The van der Waals surface area contributed by atoms with E-state index < -0.39 is 0 Å². The van der Waals surface area contributed by atoms with Gasteiger partial charge in [-0.2, -0.15) is 0 Å². The van der Waals surface area contributed by atoms with E-state index in [1.807, 2.05) is 0 Å². The van der Waals surface area contributed by atoms with Crippen LogP contribution in [0.3, 0.4) is 0 Å². The van der Waals surface area contributed by atoms with E-state index in [9.17, 15) is 5.11 Å². The van der Waals surface area contributed by atoms with Crippen molar-refractivity contribution in [3.8, 4) is 11.5 Å². The molecule has 3 nitrogen and oxygen atoms in total. The summed E-state index contributed by atoms with van der Waals surface area (Å²) in [6.45, 7) is 0.558. The number of ether oxygens (including phenoxy) is 1. The van der Waals surface area contributed by atoms with Crippen molar-refractivity contribution in [2.24, 2.45) is 0 Å². The number of aromatic hydroxyl groups is 1. The van der Waals surface area contributed by atoms with Crippen LogP contribution in [0.15, 0.2) is 12.1 Å². The molecule has 0 fully saturated rings. The van der Waals surface area contributed by atoms with Gasteiger partial charge < -0.3 is 14.9 Å². The van der Waals surface area contributed by atoms with Crippen LogP contribution >= 0.6 is 0 Å². The topological polar surface area (TPSA) is 49.7 Å². The molecular weight excluding hydrogens is 156 g/mol. The fraction of sp³-hybridized carbons (Fsp3) is 0.333. The van der Waals surface area contributed by atoms with E-state index in [-0.39, 0.29) is 12.4 Å². The predicted molar refractivity (Wildman–Crippen MR) is 43.2 cm³/mol. The van der Waals surface area contributed by atoms with Crippen molar-refractivity contribution in [3.63, 3.8) is 0 Å². The molecular formula is C9H10O3. The summed E-state index contributed by atoms with van der Waals surface area (Å²) in [6.07, 6.45) is 0.757. The minimum absolute atomic E-state index is 0.0653. The fourth-order valence-corrected chi connectivity index (χ4v) is 1.42. The Labute approximate surface area is 70.2 Å². The Bertz CT molecular complexity index is 307. The number of aliphatic hydroxyl groups excluding tert-OH is 1. The van der Waals surface area contributed by atoms with Gasteiger partial charge in [0.2, 0.25) is 0 Å². The first-order chi connectivity index (χ1) is 5.81. The van der Waals surface area contributed by atoms with Gasteiger partial charge in [-0.1, -0.05) is 0 Å². The zero-order valence-electron chi connectivity index (χ0n) is 6.58. The third-order valence-corrected chi connectivity index (χ3v) is 2.04. The molecule has 1 aliphatic heterocycles. The Morgan fingerprint density at radius 1 is 1.42 bits per heavy atom. The first kappa shape index (κ1) is 7.43. The molecule has 2 rings (SSSR count). The number of hydrogen-bond acceptors (Lipinski definition) is 3. The molecule has 0 radical (unpaired) electrons. The fourth-order valence-electron chi connectivity index (χ4n) is 1.42. The first-order valence-electron chi connectivity index (χ1n) is 3.89. The molecule has 0 unspecified atom stereocenters. The van der Waals surface area contributed by atoms with Crippen molar-refractivity contribution in [3.05, 3.63) is 23.3 Å². The molecule has 2 N–H and O–H groups in total. The quantitative estimate of drug-likeness (QED) is 0.649. The van der Waals surface area contributed by atoms with Gasteiger partial charge >= 0.3 is 0 Å². The largest absolute Gasteiger partial charge is 0.508 e. The highest BCUT2D eigenvalue weighted by atomic mass is 16.5. The molecule has 3 heteroatoms. The van der Waals surface area contributed by atoms with Gasteiger partial charge in [0.05, 0.1) is 13.2 Å². The smallest absolute Gasteiger partial charge is 0.126 e. The number of aliphatic hydroxyl groups is 1. The molecule has 1 aromatic rings. The van der Waals surface area contributed by atoms with Crippen molar-refractivity contribution < 1.29 is 14.9 Å². The molecule has 64 valence electrons. The number of phenolic OH excluding ortho intramolecular Hbond substituents is 1. The normalized spacial score (nSPS) is 14.1. The van der Waals surface area contributed by atoms with Gasteiger partial charge in [0.25, 0.3) is 0 Å². The van der Waals surface area contributed by atoms with E-state index in [1.165, 1.54) is 0 Å². The van der Waals surface area contributed by atoms with Crippen molar-refractivity contribution in [1.29, 1.82) is 0 Å². The summed E-state index contributed by atoms with van der Waals surface area (Å²) in [5.41, 5.74) is 1.54. The molecule has 12 heavy (non-hydrogen) atoms. The van der Waals surface area contributed by atoms with Gasteiger partial charge in [-0.15, -0.1) is 0 Å². The monoisotopic (exact) mass is 166 g/mol. The van der Waals surface area contributed by atoms with Gasteiger partial charge in [0.15, 0.2) is 0 Å². The summed E-state index contributed by atoms with van der Waals surface area (Å²) in [5, 5.41) is 18.3. The van der Waals surface area contributed by atoms with Crippen LogP contribution in [-0.2, 0) is 13.0 Å². The lowest BCUT2D eigenvalue weighted by molar-refractivity contribution is 0.280. The second-order valence-corrected chi connectivity index (χ2v) is 2.85. The molecule has 0 atom stereocenters. The molecule has 1 heterocycles. The summed E-state index contributed by atoms with van der Waals surface area (Å²) in [4.78, 5) is 0. The van der Waals surface area contributed by atoms with Gasteiger partial charge in [0.1, 0.15) is 11.5 Å². The van der Waals surface area contributed by atoms with Crippen LogP contribution in [0.4, 0.5) is 0 Å². The van der Waals surface area contributed by atoms with Crippen LogP contribution in [0.2, 0.25) is 0 Å². The SMILES string of the molecule is OCc1cc(O)c2c(c1)OCC2. The van der Waals surface area contributed by atoms with Gasteiger partial charge in [0, 0.05) is 12.0 Å². The Morgan fingerprint density at radius 2 is 2.25 bits per heavy atom. The molecule has 0 spiro atoms. The Hall–Kier alpha value is -1.22. The number of benzene rings is 1. The third kappa shape index (κ3) is 1.02. The summed E-state index contributed by atoms with van der Waals surface area (Å²) < 4.78 is 5.25. The summed E-state index contributed by atoms with van der Waals surface area (Å²) in [7, 11) is 0. The number of phenols is 1. The van der Waals surface area contributed by atoms with Crippen molar-refractivity contribution in [2.75, 3.05) is 6.61 Å². The maximum Gasteiger partial charge on any atom is 0.126 e. The van der Waals surface area contributed by atoms with Crippen LogP contribution in [0, 0.1) is 0 Å². The van der Waals surface area contributed by atoms with Gasteiger partial charge in [-0.25, -0.2) is 0 Å². The minimum atomic E-state index is -0.0653. The van der Waals surface area contributed by atoms with E-state index in [4.69, 9.17) is 9.84 Å². The van der Waals surface area contributed by atoms with Gasteiger partial charge in [-0.05, 0) is 17.7 Å². The maximum absolute atomic E-state index is 9.45. The average Bonchev–Trinajstić information content (AvgIpc) is 2.52. The van der Waals surface area contributed by atoms with Crippen LogP contribution in [0.5, 0.6) is 11.5 Å². The summed E-state index contributed by atoms with van der Waals surface area (Å²) >= 11 is 0. The van der Waals surface area contributed by atoms with Crippen molar-refractivity contribution in [1.82, 2.24) is 0 Å². The van der Waals surface area contributed by atoms with E-state index in [0.717, 1.165) is 12.0 Å². The molecule has 0 bridgehead atoms. The highest BCUT2D eigenvalue weighted by Gasteiger charge is 2.16. The Morgan fingerprint density at radius 3 is 3.00 bits per heavy atom. The van der Waals surface area contributed by atoms with Gasteiger partial charge in [-0.3, -0.25) is 0 Å². The second-order valence-electron chi connectivity index (χ2n) is 2.85. The zero-order valence-corrected chi connectivity index (χ0v) is 6.58. The standard InChI is InChI=1S/C9H10O3/c10-5-6-3-8(11)7-1-2-12-9(7)4-6/h3-4,10-11H,1-2,5H2. The summed E-state index contributed by atoms with van der Waals surface area (Å²) in [5.74, 6) is 0.938. The lowest BCUT2D eigenvalue weighted by atomic mass is 10.1. The minimum Gasteiger partial charge on any atom is -0.508 e. The number of fused-ring (bicyclic) bond motifs is 1. The van der Waals surface area contributed by atoms with E-state index in [2.05, 4.69) is 0 Å². The average molecular weight is 166 g/mol. The van der Waals surface area contributed by atoms with E-state index in [0.29, 0.717) is 17.9 Å². The van der Waals surface area contributed by atoms with Crippen LogP contribution in [-0.4, -0.2) is 16.8 Å². The van der Waals surface area contributed by atoms with E-state index >= 15 is 0 Å². The zero-order chi connectivity index (χ0) is 8.55.